The first-order chi connectivity index (χ1) is 14.7. The van der Waals surface area contributed by atoms with Gasteiger partial charge in [-0.2, -0.15) is 0 Å². The molecule has 0 N–H and O–H groups in total. The van der Waals surface area contributed by atoms with Crippen molar-refractivity contribution in [3.63, 3.8) is 0 Å². The Morgan fingerprint density at radius 2 is 0.676 bits per heavy atom. The minimum absolute atomic E-state index is 0.168. The molecule has 0 nitrogen and oxygen atoms in total. The number of hydrogen-bond donors (Lipinski definition) is 0. The zero-order chi connectivity index (χ0) is 27.3. The van der Waals surface area contributed by atoms with Crippen LogP contribution in [0.5, 0.6) is 0 Å². The van der Waals surface area contributed by atoms with Gasteiger partial charge in [-0.1, -0.05) is 161 Å². The average Bonchev–Trinajstić information content (AvgIpc) is 2.51. The van der Waals surface area contributed by atoms with Crippen molar-refractivity contribution >= 4 is 42.4 Å². The molecule has 34 heavy (non-hydrogen) atoms. The quantitative estimate of drug-likeness (QED) is 0.250. The molecule has 0 aliphatic carbocycles. The van der Waals surface area contributed by atoms with E-state index in [1.165, 1.54) is 12.3 Å². The van der Waals surface area contributed by atoms with Gasteiger partial charge in [0.05, 0.1) is 16.1 Å². The highest BCUT2D eigenvalue weighted by molar-refractivity contribution is 7.60. The van der Waals surface area contributed by atoms with Gasteiger partial charge in [-0.3, -0.25) is 0 Å². The van der Waals surface area contributed by atoms with Crippen LogP contribution in [0.4, 0.5) is 0 Å². The van der Waals surface area contributed by atoms with Crippen molar-refractivity contribution in [2.24, 2.45) is 0 Å². The third-order valence-electron chi connectivity index (χ3n) is 6.85. The van der Waals surface area contributed by atoms with Crippen LogP contribution < -0.4 is 10.4 Å². The van der Waals surface area contributed by atoms with Gasteiger partial charge in [-0.15, -0.1) is 0 Å². The molecule has 1 aromatic rings. The smallest absolute Gasteiger partial charge is 0.0774 e. The molecule has 198 valence electrons. The molecule has 0 bridgehead atoms. The van der Waals surface area contributed by atoms with E-state index in [9.17, 15) is 0 Å². The second kappa shape index (κ2) is 10.3. The fraction of sp³-hybridized carbons (Fsp3) is 0.800. The molecule has 1 rings (SSSR count). The Hall–Kier alpha value is 0.514. The fourth-order valence-corrected chi connectivity index (χ4v) is 17.9. The van der Waals surface area contributed by atoms with Crippen LogP contribution in [0.1, 0.15) is 94.2 Å². The van der Waals surface area contributed by atoms with E-state index in [0.29, 0.717) is 20.6 Å². The Labute approximate surface area is 220 Å². The summed E-state index contributed by atoms with van der Waals surface area (Å²) in [5.41, 5.74) is 3.38. The fourth-order valence-electron chi connectivity index (χ4n) is 5.53. The highest BCUT2D eigenvalue weighted by atomic mass is 31.1. The Balaban J connectivity index is 3.95. The van der Waals surface area contributed by atoms with E-state index >= 15 is 0 Å². The van der Waals surface area contributed by atoms with Crippen molar-refractivity contribution in [3.05, 3.63) is 23.3 Å². The van der Waals surface area contributed by atoms with Crippen LogP contribution in [-0.2, 0) is 12.3 Å². The first-order valence-corrected chi connectivity index (χ1v) is 23.4. The van der Waals surface area contributed by atoms with Crippen molar-refractivity contribution in [2.75, 3.05) is 0 Å². The monoisotopic (exact) mass is 538 g/mol. The standard InChI is InChI=1S/C30H60P2Si2/c1-27(2,3)31(28(4,5)6)21-23-19-25(33(13,14)15)26(34(16,17)18)20-24(23)22-32(29(7,8)9)30(10,11)12/h19-20H,21-22H2,1-18H3. The van der Waals surface area contributed by atoms with Gasteiger partial charge in [0.25, 0.3) is 0 Å². The molecule has 0 fully saturated rings. The highest BCUT2D eigenvalue weighted by Crippen LogP contribution is 2.64. The van der Waals surface area contributed by atoms with Crippen molar-refractivity contribution in [1.82, 2.24) is 0 Å². The summed E-state index contributed by atoms with van der Waals surface area (Å²) in [6.45, 7) is 45.1. The van der Waals surface area contributed by atoms with E-state index in [-0.39, 0.29) is 15.8 Å². The zero-order valence-electron chi connectivity index (χ0n) is 26.5. The normalized spacial score (nSPS) is 14.9. The summed E-state index contributed by atoms with van der Waals surface area (Å²) >= 11 is 0. The molecule has 0 heterocycles. The minimum Gasteiger partial charge on any atom is -0.0911 e. The van der Waals surface area contributed by atoms with Crippen LogP contribution in [0.15, 0.2) is 12.1 Å². The van der Waals surface area contributed by atoms with Crippen molar-refractivity contribution in [2.45, 2.75) is 155 Å². The topological polar surface area (TPSA) is 0 Å². The molecule has 0 aliphatic rings. The first-order valence-electron chi connectivity index (χ1n) is 13.4. The van der Waals surface area contributed by atoms with Gasteiger partial charge in [0.15, 0.2) is 0 Å². The zero-order valence-corrected chi connectivity index (χ0v) is 30.3. The largest absolute Gasteiger partial charge is 0.0911 e. The molecule has 0 saturated carbocycles. The summed E-state index contributed by atoms with van der Waals surface area (Å²) in [4.78, 5) is 0. The van der Waals surface area contributed by atoms with E-state index in [1.807, 2.05) is 0 Å². The summed E-state index contributed by atoms with van der Waals surface area (Å²) in [6, 6.07) is 5.50. The molecule has 0 amide bonds. The molecule has 0 saturated heterocycles. The van der Waals surface area contributed by atoms with Crippen LogP contribution in [0.3, 0.4) is 0 Å². The number of benzene rings is 1. The van der Waals surface area contributed by atoms with E-state index in [0.717, 1.165) is 0 Å². The summed E-state index contributed by atoms with van der Waals surface area (Å²) < 4.78 is 0. The summed E-state index contributed by atoms with van der Waals surface area (Å²) in [5.74, 6) is 0. The average molecular weight is 539 g/mol. The lowest BCUT2D eigenvalue weighted by Gasteiger charge is -2.44. The van der Waals surface area contributed by atoms with Gasteiger partial charge in [0.2, 0.25) is 0 Å². The third kappa shape index (κ3) is 8.82. The predicted molar refractivity (Wildman–Crippen MR) is 173 cm³/mol. The Kier molecular flexibility index (Phi) is 9.90. The Morgan fingerprint density at radius 3 is 0.824 bits per heavy atom. The predicted octanol–water partition coefficient (Wildman–Crippen LogP) is 9.93. The molecular formula is C30H60P2Si2. The lowest BCUT2D eigenvalue weighted by Crippen LogP contribution is -2.56. The second-order valence-electron chi connectivity index (χ2n) is 16.5. The molecular weight excluding hydrogens is 478 g/mol. The van der Waals surface area contributed by atoms with Gasteiger partial charge in [0, 0.05) is 0 Å². The Bertz CT molecular complexity index is 731. The molecule has 0 atom stereocenters. The van der Waals surface area contributed by atoms with Gasteiger partial charge in [-0.05, 0) is 44.1 Å². The van der Waals surface area contributed by atoms with Crippen molar-refractivity contribution in [1.29, 1.82) is 0 Å². The molecule has 4 heteroatoms. The summed E-state index contributed by atoms with van der Waals surface area (Å²) in [5, 5.41) is 4.89. The molecule has 0 unspecified atom stereocenters. The summed E-state index contributed by atoms with van der Waals surface area (Å²) in [6.07, 6.45) is 2.52. The number of rotatable bonds is 6. The van der Waals surface area contributed by atoms with E-state index in [1.54, 1.807) is 21.5 Å². The number of hydrogen-bond acceptors (Lipinski definition) is 0. The molecule has 0 aromatic heterocycles. The van der Waals surface area contributed by atoms with E-state index < -0.39 is 16.1 Å². The van der Waals surface area contributed by atoms with Crippen molar-refractivity contribution < 1.29 is 0 Å². The SMILES string of the molecule is CC(C)(C)P(Cc1cc([Si](C)(C)C)c([Si](C)(C)C)cc1CP(C(C)(C)C)C(C)(C)C)C(C)(C)C. The lowest BCUT2D eigenvalue weighted by atomic mass is 10.1. The molecule has 0 radical (unpaired) electrons. The minimum atomic E-state index is -1.45. The van der Waals surface area contributed by atoms with Crippen LogP contribution in [-0.4, -0.2) is 36.8 Å². The first kappa shape index (κ1) is 32.5. The maximum Gasteiger partial charge on any atom is 0.0774 e. The molecule has 0 aliphatic heterocycles. The maximum absolute atomic E-state index is 2.75. The van der Waals surface area contributed by atoms with Crippen LogP contribution >= 0.6 is 15.8 Å². The van der Waals surface area contributed by atoms with E-state index in [2.05, 4.69) is 134 Å². The Morgan fingerprint density at radius 1 is 0.471 bits per heavy atom. The maximum atomic E-state index is 2.75. The van der Waals surface area contributed by atoms with Crippen LogP contribution in [0.25, 0.3) is 0 Å². The van der Waals surface area contributed by atoms with Gasteiger partial charge >= 0.3 is 0 Å². The lowest BCUT2D eigenvalue weighted by molar-refractivity contribution is 0.699. The third-order valence-corrected chi connectivity index (χ3v) is 19.0. The second-order valence-corrected chi connectivity index (χ2v) is 34.3. The molecule has 1 aromatic carbocycles. The van der Waals surface area contributed by atoms with Crippen molar-refractivity contribution in [3.8, 4) is 0 Å². The van der Waals surface area contributed by atoms with Gasteiger partial charge in [-0.25, -0.2) is 0 Å². The van der Waals surface area contributed by atoms with Crippen LogP contribution in [0.2, 0.25) is 39.3 Å². The summed E-state index contributed by atoms with van der Waals surface area (Å²) in [7, 11) is -3.24. The van der Waals surface area contributed by atoms with E-state index in [4.69, 9.17) is 0 Å². The highest BCUT2D eigenvalue weighted by Gasteiger charge is 2.38. The van der Waals surface area contributed by atoms with Gasteiger partial charge < -0.3 is 0 Å². The molecule has 0 spiro atoms. The van der Waals surface area contributed by atoms with Gasteiger partial charge in [0.1, 0.15) is 0 Å². The van der Waals surface area contributed by atoms with Crippen LogP contribution in [0, 0.1) is 0 Å².